The number of rotatable bonds is 4. The van der Waals surface area contributed by atoms with Crippen LogP contribution in [0.15, 0.2) is 54.2 Å². The van der Waals surface area contributed by atoms with Crippen molar-refractivity contribution in [1.29, 1.82) is 0 Å². The van der Waals surface area contributed by atoms with Gasteiger partial charge in [-0.3, -0.25) is 9.59 Å². The molecule has 0 spiro atoms. The number of halogens is 4. The molecule has 0 N–H and O–H groups in total. The molecule has 0 unspecified atom stereocenters. The Hall–Kier alpha value is -3.36. The summed E-state index contributed by atoms with van der Waals surface area (Å²) in [6, 6.07) is 9.90. The van der Waals surface area contributed by atoms with Crippen LogP contribution in [0.25, 0.3) is 5.57 Å². The molecule has 1 fully saturated rings. The third-order valence-corrected chi connectivity index (χ3v) is 5.17. The lowest BCUT2D eigenvalue weighted by Crippen LogP contribution is -2.37. The van der Waals surface area contributed by atoms with Crippen molar-refractivity contribution in [1.82, 2.24) is 4.90 Å². The van der Waals surface area contributed by atoms with Gasteiger partial charge in [0, 0.05) is 19.2 Å². The Morgan fingerprint density at radius 3 is 2.19 bits per heavy atom. The topological polar surface area (TPSA) is 49.9 Å². The first-order valence-electron chi connectivity index (χ1n) is 9.74. The number of imide groups is 1. The molecule has 2 aromatic rings. The van der Waals surface area contributed by atoms with E-state index in [9.17, 15) is 27.2 Å². The van der Waals surface area contributed by atoms with Gasteiger partial charge in [0.1, 0.15) is 17.3 Å². The first-order valence-corrected chi connectivity index (χ1v) is 9.74. The average molecular weight is 434 g/mol. The second-order valence-electron chi connectivity index (χ2n) is 7.27. The van der Waals surface area contributed by atoms with Crippen LogP contribution in [0.3, 0.4) is 0 Å². The van der Waals surface area contributed by atoms with E-state index in [2.05, 4.69) is 4.74 Å². The Bertz CT molecular complexity index is 1040. The third kappa shape index (κ3) is 4.26. The molecule has 0 saturated carbocycles. The van der Waals surface area contributed by atoms with Crippen LogP contribution in [0.2, 0.25) is 0 Å². The summed E-state index contributed by atoms with van der Waals surface area (Å²) in [7, 11) is 0. The van der Waals surface area contributed by atoms with Gasteiger partial charge >= 0.3 is 6.36 Å². The number of alkyl halides is 3. The van der Waals surface area contributed by atoms with Crippen LogP contribution in [0, 0.1) is 5.82 Å². The molecule has 4 rings (SSSR count). The Kier molecular flexibility index (Phi) is 5.43. The summed E-state index contributed by atoms with van der Waals surface area (Å²) in [5, 5.41) is 0. The van der Waals surface area contributed by atoms with E-state index < -0.39 is 29.7 Å². The van der Waals surface area contributed by atoms with Crippen molar-refractivity contribution in [3.8, 4) is 5.75 Å². The van der Waals surface area contributed by atoms with E-state index in [1.54, 1.807) is 0 Å². The van der Waals surface area contributed by atoms with E-state index in [0.717, 1.165) is 36.3 Å². The predicted octanol–water partition coefficient (Wildman–Crippen LogP) is 4.49. The van der Waals surface area contributed by atoms with Gasteiger partial charge in [-0.05, 0) is 49.1 Å². The number of carbonyl (C=O) groups excluding carboxylic acids is 2. The van der Waals surface area contributed by atoms with E-state index in [1.807, 2.05) is 4.90 Å². The highest BCUT2D eigenvalue weighted by atomic mass is 19.4. The largest absolute Gasteiger partial charge is 0.573 e. The summed E-state index contributed by atoms with van der Waals surface area (Å²) in [5.41, 5.74) is 0.612. The summed E-state index contributed by atoms with van der Waals surface area (Å²) >= 11 is 0. The number of amides is 2. The molecule has 2 heterocycles. The predicted molar refractivity (Wildman–Crippen MR) is 104 cm³/mol. The van der Waals surface area contributed by atoms with Gasteiger partial charge < -0.3 is 9.64 Å². The minimum absolute atomic E-state index is 0.0385. The lowest BCUT2D eigenvalue weighted by Gasteiger charge is -2.29. The van der Waals surface area contributed by atoms with Crippen LogP contribution in [0.4, 0.5) is 23.2 Å². The maximum atomic E-state index is 13.4. The fourth-order valence-corrected chi connectivity index (χ4v) is 3.86. The van der Waals surface area contributed by atoms with Crippen molar-refractivity contribution in [2.75, 3.05) is 18.0 Å². The van der Waals surface area contributed by atoms with Crippen molar-refractivity contribution >= 4 is 23.1 Å². The molecule has 0 aliphatic carbocycles. The summed E-state index contributed by atoms with van der Waals surface area (Å²) in [6.07, 6.45) is -2.22. The number of benzene rings is 2. The molecular weight excluding hydrogens is 416 g/mol. The molecule has 2 aliphatic rings. The van der Waals surface area contributed by atoms with Gasteiger partial charge in [0.25, 0.3) is 11.8 Å². The Morgan fingerprint density at radius 1 is 0.871 bits per heavy atom. The number of ether oxygens (including phenoxy) is 1. The summed E-state index contributed by atoms with van der Waals surface area (Å²) in [5.74, 6) is -2.34. The number of anilines is 1. The molecular formula is C22H18F4N2O3. The number of hydrogen-bond acceptors (Lipinski definition) is 4. The van der Waals surface area contributed by atoms with Crippen LogP contribution in [0.5, 0.6) is 5.75 Å². The molecule has 2 amide bonds. The zero-order valence-electron chi connectivity index (χ0n) is 16.3. The maximum absolute atomic E-state index is 13.4. The number of hydrogen-bond donors (Lipinski definition) is 0. The maximum Gasteiger partial charge on any atom is 0.573 e. The van der Waals surface area contributed by atoms with E-state index >= 15 is 0 Å². The molecule has 162 valence electrons. The quantitative estimate of drug-likeness (QED) is 0.526. The van der Waals surface area contributed by atoms with Gasteiger partial charge in [-0.2, -0.15) is 0 Å². The van der Waals surface area contributed by atoms with Gasteiger partial charge in [-0.25, -0.2) is 9.29 Å². The van der Waals surface area contributed by atoms with E-state index in [1.165, 1.54) is 36.4 Å². The standard InChI is InChI=1S/C22H18F4N2O3/c23-15-9-7-14(8-10-15)18-19(27-11-2-1-3-12-27)21(30)28(20(18)29)16-5-4-6-17(13-16)31-22(24,25)26/h4-10,13H,1-3,11-12H2. The fourth-order valence-electron chi connectivity index (χ4n) is 3.86. The van der Waals surface area contributed by atoms with Crippen LogP contribution in [-0.4, -0.2) is 36.2 Å². The van der Waals surface area contributed by atoms with E-state index in [-0.39, 0.29) is 17.0 Å². The highest BCUT2D eigenvalue weighted by Crippen LogP contribution is 2.37. The van der Waals surface area contributed by atoms with Crippen LogP contribution in [-0.2, 0) is 9.59 Å². The lowest BCUT2D eigenvalue weighted by atomic mass is 10.0. The molecule has 0 atom stereocenters. The summed E-state index contributed by atoms with van der Waals surface area (Å²) in [4.78, 5) is 29.3. The van der Waals surface area contributed by atoms with Crippen LogP contribution in [0.1, 0.15) is 24.8 Å². The molecule has 2 aromatic carbocycles. The minimum Gasteiger partial charge on any atom is -0.406 e. The average Bonchev–Trinajstić information content (AvgIpc) is 2.98. The molecule has 2 aliphatic heterocycles. The second-order valence-corrected chi connectivity index (χ2v) is 7.27. The van der Waals surface area contributed by atoms with E-state index in [4.69, 9.17) is 0 Å². The number of carbonyl (C=O) groups is 2. The Morgan fingerprint density at radius 2 is 1.55 bits per heavy atom. The van der Waals surface area contributed by atoms with Gasteiger partial charge in [0.2, 0.25) is 0 Å². The van der Waals surface area contributed by atoms with Crippen LogP contribution < -0.4 is 9.64 Å². The number of piperidine rings is 1. The highest BCUT2D eigenvalue weighted by Gasteiger charge is 2.43. The molecule has 1 saturated heterocycles. The lowest BCUT2D eigenvalue weighted by molar-refractivity contribution is -0.274. The number of likely N-dealkylation sites (tertiary alicyclic amines) is 1. The van der Waals surface area contributed by atoms with Crippen molar-refractivity contribution in [3.63, 3.8) is 0 Å². The van der Waals surface area contributed by atoms with Crippen LogP contribution >= 0.6 is 0 Å². The number of nitrogens with zero attached hydrogens (tertiary/aromatic N) is 2. The molecule has 9 heteroatoms. The molecule has 5 nitrogen and oxygen atoms in total. The van der Waals surface area contributed by atoms with Crippen molar-refractivity contribution in [2.24, 2.45) is 0 Å². The Balaban J connectivity index is 1.76. The molecule has 0 aromatic heterocycles. The van der Waals surface area contributed by atoms with E-state index in [0.29, 0.717) is 18.7 Å². The Labute approximate surface area is 175 Å². The van der Waals surface area contributed by atoms with Gasteiger partial charge in [-0.1, -0.05) is 18.2 Å². The van der Waals surface area contributed by atoms with Gasteiger partial charge in [-0.15, -0.1) is 13.2 Å². The molecule has 0 bridgehead atoms. The van der Waals surface area contributed by atoms with Crippen molar-refractivity contribution in [2.45, 2.75) is 25.6 Å². The SMILES string of the molecule is O=C1C(c2ccc(F)cc2)=C(N2CCCCC2)C(=O)N1c1cccc(OC(F)(F)F)c1. The monoisotopic (exact) mass is 434 g/mol. The first kappa shape index (κ1) is 20.9. The zero-order valence-corrected chi connectivity index (χ0v) is 16.3. The van der Waals surface area contributed by atoms with Crippen molar-refractivity contribution in [3.05, 3.63) is 65.6 Å². The summed E-state index contributed by atoms with van der Waals surface area (Å²) < 4.78 is 55.2. The second kappa shape index (κ2) is 8.05. The third-order valence-electron chi connectivity index (χ3n) is 5.17. The molecule has 0 radical (unpaired) electrons. The van der Waals surface area contributed by atoms with Crippen molar-refractivity contribution < 1.29 is 31.9 Å². The smallest absolute Gasteiger partial charge is 0.406 e. The zero-order chi connectivity index (χ0) is 22.2. The highest BCUT2D eigenvalue weighted by molar-refractivity contribution is 6.45. The summed E-state index contributed by atoms with van der Waals surface area (Å²) in [6.45, 7) is 1.15. The fraction of sp³-hybridized carbons (Fsp3) is 0.273. The molecule has 31 heavy (non-hydrogen) atoms. The first-order chi connectivity index (χ1) is 14.7. The van der Waals surface area contributed by atoms with Gasteiger partial charge in [0.05, 0.1) is 11.3 Å². The minimum atomic E-state index is -4.91. The normalized spacial score (nSPS) is 17.5. The van der Waals surface area contributed by atoms with Gasteiger partial charge in [0.15, 0.2) is 0 Å².